The van der Waals surface area contributed by atoms with Crippen LogP contribution in [0.1, 0.15) is 68.5 Å². The standard InChI is InChI=1S/C15H24N2O3.C9H7FN.CH4O.U/c1-9(2)12-7-13(20-16-12)14(10(3)4)15(19)17-6-5-11(18)8-17;1-2-7-3-4-8(6-11)9(10)5-7;1-2;/h7,9-11,14,18H,5-6,8H2,1-4H3;1,3-5,11H,6H2;2H,1H3;/q;-1;;. The maximum absolute atomic E-state index is 12.8. The number of aliphatic hydroxyl groups excluding tert-OH is 2. The molecular formula is C25H35FN3O4U-. The third-order valence-electron chi connectivity index (χ3n) is 5.26. The third kappa shape index (κ3) is 9.17. The number of rotatable bonds is 5. The van der Waals surface area contributed by atoms with Gasteiger partial charge in [0.1, 0.15) is 17.5 Å². The van der Waals surface area contributed by atoms with Crippen LogP contribution in [0.3, 0.4) is 0 Å². The zero-order chi connectivity index (χ0) is 25.1. The molecule has 2 aromatic rings. The molecule has 1 aliphatic heterocycles. The van der Waals surface area contributed by atoms with Crippen LogP contribution in [0.15, 0.2) is 28.8 Å². The summed E-state index contributed by atoms with van der Waals surface area (Å²) < 4.78 is 18.2. The second-order valence-corrected chi connectivity index (χ2v) is 8.38. The molecule has 1 aliphatic rings. The third-order valence-corrected chi connectivity index (χ3v) is 5.26. The fraction of sp³-hybridized carbons (Fsp3) is 0.520. The summed E-state index contributed by atoms with van der Waals surface area (Å²) in [7, 11) is 1.00. The number of carbonyl (C=O) groups is 1. The van der Waals surface area contributed by atoms with Crippen LogP contribution in [-0.4, -0.2) is 52.5 Å². The second kappa shape index (κ2) is 16.1. The van der Waals surface area contributed by atoms with E-state index in [9.17, 15) is 14.3 Å². The van der Waals surface area contributed by atoms with Gasteiger partial charge in [-0.3, -0.25) is 4.79 Å². The smallest absolute Gasteiger partial charge is 0.233 e. The molecule has 9 heteroatoms. The number of nitrogens with zero attached hydrogens (tertiary/aromatic N) is 2. The van der Waals surface area contributed by atoms with Gasteiger partial charge >= 0.3 is 0 Å². The first-order valence-electron chi connectivity index (χ1n) is 11.0. The van der Waals surface area contributed by atoms with Crippen molar-refractivity contribution in [1.29, 1.82) is 0 Å². The van der Waals surface area contributed by atoms with Crippen molar-refractivity contribution < 1.29 is 55.0 Å². The average molecular weight is 699 g/mol. The van der Waals surface area contributed by atoms with Crippen molar-refractivity contribution in [1.82, 2.24) is 10.1 Å². The minimum Gasteiger partial charge on any atom is -0.674 e. The predicted molar refractivity (Wildman–Crippen MR) is 126 cm³/mol. The summed E-state index contributed by atoms with van der Waals surface area (Å²) in [6.45, 7) is 9.10. The minimum absolute atomic E-state index is 0. The first kappa shape index (κ1) is 32.3. The molecule has 186 valence electrons. The van der Waals surface area contributed by atoms with E-state index >= 15 is 0 Å². The van der Waals surface area contributed by atoms with Gasteiger partial charge in [-0.25, -0.2) is 4.39 Å². The van der Waals surface area contributed by atoms with E-state index in [-0.39, 0.29) is 61.3 Å². The molecule has 1 aromatic carbocycles. The number of β-amino-alcohol motifs (C(OH)–C–C–N with tert-alkyl or cyclic N) is 1. The summed E-state index contributed by atoms with van der Waals surface area (Å²) in [5, 5.41) is 20.6. The van der Waals surface area contributed by atoms with E-state index in [1.807, 2.05) is 33.8 Å². The number of aromatic nitrogens is 1. The fourth-order valence-corrected chi connectivity index (χ4v) is 3.38. The Labute approximate surface area is 225 Å². The van der Waals surface area contributed by atoms with E-state index in [1.165, 1.54) is 12.1 Å². The molecule has 0 radical (unpaired) electrons. The number of terminal acetylenes is 1. The maximum atomic E-state index is 12.8. The maximum Gasteiger partial charge on any atom is 0.233 e. The van der Waals surface area contributed by atoms with Gasteiger partial charge < -0.3 is 25.4 Å². The van der Waals surface area contributed by atoms with Gasteiger partial charge in [0.15, 0.2) is 0 Å². The van der Waals surface area contributed by atoms with E-state index in [0.717, 1.165) is 12.8 Å². The molecule has 1 fully saturated rings. The van der Waals surface area contributed by atoms with Crippen molar-refractivity contribution in [3.8, 4) is 12.3 Å². The number of benzene rings is 1. The molecule has 1 amide bonds. The monoisotopic (exact) mass is 698 g/mol. The molecular weight excluding hydrogens is 663 g/mol. The van der Waals surface area contributed by atoms with Crippen molar-refractivity contribution in [2.45, 2.75) is 58.6 Å². The molecule has 0 bridgehead atoms. The van der Waals surface area contributed by atoms with Crippen LogP contribution < -0.4 is 0 Å². The van der Waals surface area contributed by atoms with Crippen LogP contribution in [0, 0.1) is 55.2 Å². The molecule has 0 saturated carbocycles. The Morgan fingerprint density at radius 3 is 2.38 bits per heavy atom. The molecule has 2 unspecified atom stereocenters. The van der Waals surface area contributed by atoms with Crippen molar-refractivity contribution in [3.63, 3.8) is 0 Å². The summed E-state index contributed by atoms with van der Waals surface area (Å²) in [5.74, 6) is 2.68. The zero-order valence-electron chi connectivity index (χ0n) is 20.5. The van der Waals surface area contributed by atoms with Gasteiger partial charge in [0.05, 0.1) is 11.8 Å². The fourth-order valence-electron chi connectivity index (χ4n) is 3.38. The van der Waals surface area contributed by atoms with E-state index in [4.69, 9.17) is 21.8 Å². The Morgan fingerprint density at radius 1 is 1.32 bits per heavy atom. The van der Waals surface area contributed by atoms with Crippen LogP contribution in [0.2, 0.25) is 0 Å². The number of nitrogens with one attached hydrogen (secondary N) is 1. The van der Waals surface area contributed by atoms with Crippen LogP contribution in [0.25, 0.3) is 5.73 Å². The summed E-state index contributed by atoms with van der Waals surface area (Å²) >= 11 is 0. The molecule has 7 nitrogen and oxygen atoms in total. The average Bonchev–Trinajstić information content (AvgIpc) is 3.45. The Hall–Kier alpha value is -1.68. The van der Waals surface area contributed by atoms with E-state index in [1.54, 1.807) is 11.0 Å². The Balaban J connectivity index is 0.000000663. The van der Waals surface area contributed by atoms with Crippen LogP contribution in [0.5, 0.6) is 0 Å². The molecule has 1 aromatic heterocycles. The van der Waals surface area contributed by atoms with Gasteiger partial charge in [-0.1, -0.05) is 44.8 Å². The molecule has 0 aliphatic carbocycles. The molecule has 3 rings (SSSR count). The second-order valence-electron chi connectivity index (χ2n) is 8.38. The molecule has 2 heterocycles. The number of hydrogen-bond acceptors (Lipinski definition) is 5. The van der Waals surface area contributed by atoms with Gasteiger partial charge in [-0.05, 0) is 36.0 Å². The van der Waals surface area contributed by atoms with Gasteiger partial charge in [0.25, 0.3) is 0 Å². The first-order valence-corrected chi connectivity index (χ1v) is 11.0. The number of likely N-dealkylation sites (tertiary alicyclic amines) is 1. The van der Waals surface area contributed by atoms with Crippen LogP contribution in [0.4, 0.5) is 4.39 Å². The summed E-state index contributed by atoms with van der Waals surface area (Å²) in [4.78, 5) is 14.4. The Bertz CT molecular complexity index is 927. The molecule has 1 saturated heterocycles. The van der Waals surface area contributed by atoms with Crippen molar-refractivity contribution in [2.24, 2.45) is 5.92 Å². The molecule has 3 N–H and O–H groups in total. The number of carbonyl (C=O) groups excluding carboxylic acids is 1. The van der Waals surface area contributed by atoms with E-state index in [0.29, 0.717) is 36.4 Å². The van der Waals surface area contributed by atoms with Crippen LogP contribution >= 0.6 is 0 Å². The van der Waals surface area contributed by atoms with Crippen molar-refractivity contribution >= 4 is 5.91 Å². The quantitative estimate of drug-likeness (QED) is 0.458. The SMILES string of the molecule is C#Cc1ccc(C[NH-])c(F)c1.CC(C)c1cc(C(C(=O)N2CCC(O)C2)C(C)C)on1.CO.[U]. The molecule has 0 spiro atoms. The Morgan fingerprint density at radius 2 is 1.97 bits per heavy atom. The van der Waals surface area contributed by atoms with Gasteiger partial charge in [-0.15, -0.1) is 13.0 Å². The van der Waals surface area contributed by atoms with E-state index in [2.05, 4.69) is 11.1 Å². The first-order chi connectivity index (χ1) is 15.7. The van der Waals surface area contributed by atoms with Gasteiger partial charge in [0, 0.05) is 62.9 Å². The number of hydrogen-bond donors (Lipinski definition) is 2. The summed E-state index contributed by atoms with van der Waals surface area (Å²) in [6.07, 6.45) is 5.31. The number of amides is 1. The predicted octanol–water partition coefficient (Wildman–Crippen LogP) is 4.10. The van der Waals surface area contributed by atoms with Gasteiger partial charge in [-0.2, -0.15) is 0 Å². The summed E-state index contributed by atoms with van der Waals surface area (Å²) in [6, 6.07) is 6.33. The van der Waals surface area contributed by atoms with E-state index < -0.39 is 11.9 Å². The van der Waals surface area contributed by atoms with Crippen molar-refractivity contribution in [3.05, 3.63) is 58.4 Å². The topological polar surface area (TPSA) is 111 Å². The summed E-state index contributed by atoms with van der Waals surface area (Å²) in [5.41, 5.74) is 8.69. The zero-order valence-corrected chi connectivity index (χ0v) is 24.7. The number of aliphatic hydroxyl groups is 2. The molecule has 2 atom stereocenters. The normalized spacial score (nSPS) is 15.5. The minimum atomic E-state index is -0.396. The Kier molecular flexibility index (Phi) is 15.3. The number of halogens is 1. The van der Waals surface area contributed by atoms with Crippen molar-refractivity contribution in [2.75, 3.05) is 20.2 Å². The van der Waals surface area contributed by atoms with Crippen LogP contribution in [-0.2, 0) is 11.3 Å². The largest absolute Gasteiger partial charge is 0.674 e. The van der Waals surface area contributed by atoms with Gasteiger partial charge in [0.2, 0.25) is 5.91 Å². The molecule has 34 heavy (non-hydrogen) atoms.